The molecular weight excluding hydrogens is 466 g/mol. The van der Waals surface area contributed by atoms with E-state index in [0.717, 1.165) is 24.5 Å². The second-order valence-corrected chi connectivity index (χ2v) is 8.24. The monoisotopic (exact) mass is 492 g/mol. The Morgan fingerprint density at radius 1 is 1.17 bits per heavy atom. The smallest absolute Gasteiger partial charge is 0.275 e. The molecule has 0 spiro atoms. The van der Waals surface area contributed by atoms with Crippen LogP contribution in [0, 0.1) is 11.3 Å². The minimum absolute atomic E-state index is 0.0291. The first-order chi connectivity index (χ1) is 17.4. The van der Waals surface area contributed by atoms with E-state index in [9.17, 15) is 13.6 Å². The Morgan fingerprint density at radius 3 is 2.61 bits per heavy atom. The maximum absolute atomic E-state index is 14.7. The van der Waals surface area contributed by atoms with Crippen molar-refractivity contribution in [1.29, 1.82) is 5.26 Å². The molecule has 2 N–H and O–H groups in total. The third kappa shape index (κ3) is 5.93. The molecular formula is C26H26F2N6O2. The van der Waals surface area contributed by atoms with Crippen molar-refractivity contribution in [2.75, 3.05) is 41.8 Å². The van der Waals surface area contributed by atoms with Gasteiger partial charge < -0.3 is 20.3 Å². The van der Waals surface area contributed by atoms with Gasteiger partial charge in [-0.15, -0.1) is 0 Å². The van der Waals surface area contributed by atoms with Gasteiger partial charge in [0, 0.05) is 53.9 Å². The lowest BCUT2D eigenvalue weighted by molar-refractivity contribution is -0.115. The predicted molar refractivity (Wildman–Crippen MR) is 133 cm³/mol. The predicted octanol–water partition coefficient (Wildman–Crippen LogP) is 5.08. The summed E-state index contributed by atoms with van der Waals surface area (Å²) >= 11 is 0. The number of amides is 1. The molecule has 0 saturated carbocycles. The number of nitriles is 1. The fraction of sp³-hybridized carbons (Fsp3) is 0.308. The number of anilines is 4. The third-order valence-electron chi connectivity index (χ3n) is 5.82. The molecule has 2 aromatic carbocycles. The fourth-order valence-corrected chi connectivity index (χ4v) is 3.86. The van der Waals surface area contributed by atoms with E-state index >= 15 is 0 Å². The molecule has 10 heteroatoms. The van der Waals surface area contributed by atoms with Crippen LogP contribution in [0.15, 0.2) is 54.7 Å². The number of nitrogens with zero attached hydrogens (tertiary/aromatic N) is 4. The normalized spacial score (nSPS) is 13.7. The van der Waals surface area contributed by atoms with Crippen molar-refractivity contribution in [2.45, 2.75) is 25.7 Å². The van der Waals surface area contributed by atoms with Gasteiger partial charge in [0.15, 0.2) is 0 Å². The van der Waals surface area contributed by atoms with Crippen LogP contribution in [0.4, 0.5) is 31.8 Å². The molecule has 186 valence electrons. The molecule has 0 bridgehead atoms. The van der Waals surface area contributed by atoms with Crippen LogP contribution in [0.3, 0.4) is 0 Å². The Balaban J connectivity index is 1.56. The van der Waals surface area contributed by atoms with Crippen molar-refractivity contribution in [3.05, 3.63) is 60.3 Å². The van der Waals surface area contributed by atoms with Gasteiger partial charge in [-0.3, -0.25) is 4.79 Å². The second kappa shape index (κ2) is 11.1. The number of aromatic nitrogens is 2. The molecule has 4 rings (SSSR count). The van der Waals surface area contributed by atoms with E-state index in [0.29, 0.717) is 30.4 Å². The number of alkyl halides is 2. The highest BCUT2D eigenvalue weighted by Gasteiger charge is 2.32. The van der Waals surface area contributed by atoms with Crippen molar-refractivity contribution in [2.24, 2.45) is 0 Å². The van der Waals surface area contributed by atoms with Gasteiger partial charge in [-0.2, -0.15) is 5.26 Å². The van der Waals surface area contributed by atoms with E-state index < -0.39 is 24.7 Å². The highest BCUT2D eigenvalue weighted by atomic mass is 19.3. The molecule has 36 heavy (non-hydrogen) atoms. The van der Waals surface area contributed by atoms with Crippen molar-refractivity contribution in [3.63, 3.8) is 0 Å². The summed E-state index contributed by atoms with van der Waals surface area (Å²) < 4.78 is 34.9. The Hall–Kier alpha value is -4.10. The highest BCUT2D eigenvalue weighted by Crippen LogP contribution is 2.38. The number of hydrogen-bond acceptors (Lipinski definition) is 7. The van der Waals surface area contributed by atoms with Crippen LogP contribution in [-0.2, 0) is 15.5 Å². The zero-order chi connectivity index (χ0) is 25.5. The van der Waals surface area contributed by atoms with Gasteiger partial charge in [0.2, 0.25) is 11.9 Å². The molecule has 0 radical (unpaired) electrons. The largest absolute Gasteiger partial charge is 0.378 e. The van der Waals surface area contributed by atoms with Crippen LogP contribution in [0.1, 0.15) is 25.3 Å². The van der Waals surface area contributed by atoms with Crippen LogP contribution in [0.2, 0.25) is 0 Å². The summed E-state index contributed by atoms with van der Waals surface area (Å²) in [7, 11) is 0. The molecule has 1 amide bonds. The Kier molecular flexibility index (Phi) is 7.71. The maximum Gasteiger partial charge on any atom is 0.275 e. The molecule has 8 nitrogen and oxygen atoms in total. The lowest BCUT2D eigenvalue weighted by Gasteiger charge is -2.28. The minimum atomic E-state index is -3.18. The SMILES string of the molecule is CCC(F)(F)c1cc(-c2ccnc(Nc3ccc(N4CCOCC4)cc3)n2)ccc1NC(=O)CC#N. The van der Waals surface area contributed by atoms with E-state index in [2.05, 4.69) is 25.5 Å². The number of ether oxygens (including phenoxy) is 1. The average molecular weight is 493 g/mol. The topological polar surface area (TPSA) is 103 Å². The van der Waals surface area contributed by atoms with Gasteiger partial charge in [-0.1, -0.05) is 13.0 Å². The van der Waals surface area contributed by atoms with Gasteiger partial charge in [0.1, 0.15) is 6.42 Å². The molecule has 2 heterocycles. The van der Waals surface area contributed by atoms with Gasteiger partial charge in [-0.05, 0) is 42.5 Å². The third-order valence-corrected chi connectivity index (χ3v) is 5.82. The van der Waals surface area contributed by atoms with Gasteiger partial charge in [0.25, 0.3) is 5.92 Å². The summed E-state index contributed by atoms with van der Waals surface area (Å²) in [4.78, 5) is 22.8. The number of halogens is 2. The minimum Gasteiger partial charge on any atom is -0.378 e. The first-order valence-corrected chi connectivity index (χ1v) is 11.6. The van der Waals surface area contributed by atoms with E-state index in [4.69, 9.17) is 10.00 Å². The molecule has 0 aliphatic carbocycles. The summed E-state index contributed by atoms with van der Waals surface area (Å²) in [6, 6.07) is 15.5. The van der Waals surface area contributed by atoms with E-state index in [1.807, 2.05) is 24.3 Å². The molecule has 1 fully saturated rings. The average Bonchev–Trinajstić information content (AvgIpc) is 2.90. The molecule has 1 aromatic heterocycles. The first kappa shape index (κ1) is 25.0. The van der Waals surface area contributed by atoms with Crippen molar-refractivity contribution in [3.8, 4) is 17.3 Å². The molecule has 0 atom stereocenters. The summed E-state index contributed by atoms with van der Waals surface area (Å²) in [6.07, 6.45) is 0.675. The highest BCUT2D eigenvalue weighted by molar-refractivity contribution is 5.93. The lowest BCUT2D eigenvalue weighted by atomic mass is 9.99. The number of hydrogen-bond donors (Lipinski definition) is 2. The number of benzene rings is 2. The molecule has 3 aromatic rings. The van der Waals surface area contributed by atoms with Crippen molar-refractivity contribution < 1.29 is 18.3 Å². The summed E-state index contributed by atoms with van der Waals surface area (Å²) in [6.45, 7) is 4.47. The van der Waals surface area contributed by atoms with Crippen molar-refractivity contribution in [1.82, 2.24) is 9.97 Å². The zero-order valence-electron chi connectivity index (χ0n) is 19.8. The lowest BCUT2D eigenvalue weighted by Crippen LogP contribution is -2.36. The Bertz CT molecular complexity index is 1250. The van der Waals surface area contributed by atoms with Crippen LogP contribution < -0.4 is 15.5 Å². The Labute approximate surface area is 207 Å². The summed E-state index contributed by atoms with van der Waals surface area (Å²) in [5.41, 5.74) is 2.42. The number of rotatable bonds is 8. The molecule has 1 saturated heterocycles. The first-order valence-electron chi connectivity index (χ1n) is 11.6. The summed E-state index contributed by atoms with van der Waals surface area (Å²) in [5.74, 6) is -3.50. The number of carbonyl (C=O) groups excluding carboxylic acids is 1. The van der Waals surface area contributed by atoms with E-state index in [1.54, 1.807) is 24.4 Å². The standard InChI is InChI=1S/C26H26F2N6O2/c1-2-26(27,28)21-17-18(3-8-23(21)32-24(35)9-11-29)22-10-12-30-25(33-22)31-19-4-6-20(7-5-19)34-13-15-36-16-14-34/h3-8,10,12,17H,2,9,13-16H2,1H3,(H,32,35)(H,30,31,33). The van der Waals surface area contributed by atoms with Gasteiger partial charge >= 0.3 is 0 Å². The Morgan fingerprint density at radius 2 is 1.92 bits per heavy atom. The number of nitrogens with one attached hydrogen (secondary N) is 2. The van der Waals surface area contributed by atoms with Gasteiger partial charge in [0.05, 0.1) is 25.0 Å². The number of carbonyl (C=O) groups is 1. The van der Waals surface area contributed by atoms with Crippen LogP contribution in [0.5, 0.6) is 0 Å². The maximum atomic E-state index is 14.7. The molecule has 1 aliphatic heterocycles. The second-order valence-electron chi connectivity index (χ2n) is 8.24. The van der Waals surface area contributed by atoms with E-state index in [1.165, 1.54) is 19.1 Å². The van der Waals surface area contributed by atoms with Crippen LogP contribution in [0.25, 0.3) is 11.3 Å². The van der Waals surface area contributed by atoms with Gasteiger partial charge in [-0.25, -0.2) is 18.7 Å². The van der Waals surface area contributed by atoms with Crippen LogP contribution >= 0.6 is 0 Å². The van der Waals surface area contributed by atoms with Crippen molar-refractivity contribution >= 4 is 28.9 Å². The number of morpholine rings is 1. The van der Waals surface area contributed by atoms with E-state index in [-0.39, 0.29) is 11.3 Å². The quantitative estimate of drug-likeness (QED) is 0.452. The summed E-state index contributed by atoms with van der Waals surface area (Å²) in [5, 5.41) is 14.3. The van der Waals surface area contributed by atoms with Crippen LogP contribution in [-0.4, -0.2) is 42.2 Å². The fourth-order valence-electron chi connectivity index (χ4n) is 3.86. The molecule has 1 aliphatic rings. The molecule has 0 unspecified atom stereocenters. The zero-order valence-corrected chi connectivity index (χ0v) is 19.8.